The maximum atomic E-state index is 13.9. The topological polar surface area (TPSA) is 60.7 Å². The van der Waals surface area contributed by atoms with Gasteiger partial charge < -0.3 is 9.47 Å². The van der Waals surface area contributed by atoms with Gasteiger partial charge in [-0.25, -0.2) is 9.87 Å². The van der Waals surface area contributed by atoms with Crippen LogP contribution in [0.15, 0.2) is 48.5 Å². The van der Waals surface area contributed by atoms with Crippen molar-refractivity contribution in [2.75, 3.05) is 39.3 Å². The molecule has 0 unspecified atom stereocenters. The van der Waals surface area contributed by atoms with E-state index in [4.69, 9.17) is 5.21 Å². The normalized spacial score (nSPS) is 15.5. The first-order chi connectivity index (χ1) is 17.2. The number of piperazine rings is 1. The molecule has 1 aliphatic heterocycles. The van der Waals surface area contributed by atoms with Crippen LogP contribution in [0.25, 0.3) is 10.9 Å². The van der Waals surface area contributed by atoms with Gasteiger partial charge in [0.25, 0.3) is 5.91 Å². The second kappa shape index (κ2) is 11.5. The van der Waals surface area contributed by atoms with Crippen molar-refractivity contribution in [3.63, 3.8) is 0 Å². The minimum absolute atomic E-state index is 0.438. The Morgan fingerprint density at radius 3 is 2.28 bits per heavy atom. The Morgan fingerprint density at radius 1 is 0.972 bits per heavy atom. The predicted octanol–water partition coefficient (Wildman–Crippen LogP) is 4.81. The molecule has 1 aromatic heterocycles. The number of hydrogen-bond acceptors (Lipinski definition) is 4. The minimum Gasteiger partial charge on any atom is -0.345 e. The van der Waals surface area contributed by atoms with E-state index in [-0.39, 0.29) is 0 Å². The Labute approximate surface area is 213 Å². The number of alkyl halides is 1. The molecule has 194 valence electrons. The van der Waals surface area contributed by atoms with Crippen molar-refractivity contribution >= 4 is 16.8 Å². The van der Waals surface area contributed by atoms with E-state index in [0.29, 0.717) is 12.1 Å². The fraction of sp³-hybridized carbons (Fsp3) is 0.483. The third kappa shape index (κ3) is 6.52. The van der Waals surface area contributed by atoms with E-state index < -0.39 is 11.6 Å². The third-order valence-corrected chi connectivity index (χ3v) is 7.23. The Morgan fingerprint density at radius 2 is 1.61 bits per heavy atom. The highest BCUT2D eigenvalue weighted by Gasteiger charge is 2.24. The molecule has 2 heterocycles. The summed E-state index contributed by atoms with van der Waals surface area (Å²) in [4.78, 5) is 16.4. The SMILES string of the molecule is Cc1c(Cc2ccc(C(=O)NO)cc2)c2ccccc2n1CCCCN1CCN(CC(C)(C)F)CC1. The molecule has 0 atom stereocenters. The summed E-state index contributed by atoms with van der Waals surface area (Å²) in [5.74, 6) is -0.500. The summed E-state index contributed by atoms with van der Waals surface area (Å²) < 4.78 is 16.4. The van der Waals surface area contributed by atoms with Crippen molar-refractivity contribution in [2.24, 2.45) is 0 Å². The van der Waals surface area contributed by atoms with Gasteiger partial charge in [-0.15, -0.1) is 0 Å². The van der Waals surface area contributed by atoms with Crippen molar-refractivity contribution in [1.82, 2.24) is 19.8 Å². The molecule has 2 N–H and O–H groups in total. The van der Waals surface area contributed by atoms with Gasteiger partial charge in [-0.1, -0.05) is 30.3 Å². The molecule has 1 fully saturated rings. The van der Waals surface area contributed by atoms with E-state index in [1.165, 1.54) is 22.2 Å². The number of aromatic nitrogens is 1. The molecule has 0 aliphatic carbocycles. The number of aryl methyl sites for hydroxylation is 1. The highest BCUT2D eigenvalue weighted by molar-refractivity contribution is 5.93. The van der Waals surface area contributed by atoms with Gasteiger partial charge in [0.1, 0.15) is 5.67 Å². The van der Waals surface area contributed by atoms with Gasteiger partial charge in [-0.3, -0.25) is 14.9 Å². The summed E-state index contributed by atoms with van der Waals surface area (Å²) in [6.45, 7) is 12.0. The van der Waals surface area contributed by atoms with Gasteiger partial charge in [-0.2, -0.15) is 0 Å². The monoisotopic (exact) mass is 494 g/mol. The third-order valence-electron chi connectivity index (χ3n) is 7.23. The van der Waals surface area contributed by atoms with Crippen LogP contribution in [0.3, 0.4) is 0 Å². The second-order valence-electron chi connectivity index (χ2n) is 10.6. The van der Waals surface area contributed by atoms with Crippen molar-refractivity contribution < 1.29 is 14.4 Å². The van der Waals surface area contributed by atoms with Crippen LogP contribution in [0.1, 0.15) is 53.9 Å². The van der Waals surface area contributed by atoms with Crippen LogP contribution in [0.5, 0.6) is 0 Å². The van der Waals surface area contributed by atoms with Crippen LogP contribution in [-0.4, -0.2) is 70.4 Å². The van der Waals surface area contributed by atoms with Gasteiger partial charge in [0.2, 0.25) is 0 Å². The van der Waals surface area contributed by atoms with E-state index >= 15 is 0 Å². The molecule has 1 aliphatic rings. The molecular weight excluding hydrogens is 455 g/mol. The molecule has 0 bridgehead atoms. The fourth-order valence-corrected chi connectivity index (χ4v) is 5.36. The lowest BCUT2D eigenvalue weighted by atomic mass is 10.0. The molecule has 4 rings (SSSR count). The van der Waals surface area contributed by atoms with Gasteiger partial charge in [0.15, 0.2) is 0 Å². The van der Waals surface area contributed by atoms with Gasteiger partial charge in [-0.05, 0) is 75.9 Å². The molecule has 6 nitrogen and oxygen atoms in total. The van der Waals surface area contributed by atoms with E-state index in [0.717, 1.165) is 64.1 Å². The number of carbonyl (C=O) groups excluding carboxylic acids is 1. The average molecular weight is 495 g/mol. The molecule has 1 saturated heterocycles. The highest BCUT2D eigenvalue weighted by Crippen LogP contribution is 2.28. The number of carbonyl (C=O) groups is 1. The molecule has 0 radical (unpaired) electrons. The van der Waals surface area contributed by atoms with Crippen molar-refractivity contribution in [3.05, 3.63) is 70.9 Å². The van der Waals surface area contributed by atoms with E-state index in [1.54, 1.807) is 31.5 Å². The summed E-state index contributed by atoms with van der Waals surface area (Å²) >= 11 is 0. The summed E-state index contributed by atoms with van der Waals surface area (Å²) in [7, 11) is 0. The fourth-order valence-electron chi connectivity index (χ4n) is 5.36. The zero-order valence-corrected chi connectivity index (χ0v) is 21.8. The number of nitrogens with zero attached hydrogens (tertiary/aromatic N) is 3. The Hall–Kier alpha value is -2.74. The number of nitrogens with one attached hydrogen (secondary N) is 1. The number of amides is 1. The standard InChI is InChI=1S/C29H39FN4O2/c1-22-26(20-23-10-12-24(13-11-23)28(35)31-36)25-8-4-5-9-27(25)34(22)15-7-6-14-32-16-18-33(19-17-32)21-29(2,3)30/h4-5,8-13,36H,6-7,14-21H2,1-3H3,(H,31,35). The Balaban J connectivity index is 1.35. The first kappa shape index (κ1) is 26.3. The maximum Gasteiger partial charge on any atom is 0.274 e. The number of hydroxylamine groups is 1. The van der Waals surface area contributed by atoms with Gasteiger partial charge in [0, 0.05) is 61.4 Å². The van der Waals surface area contributed by atoms with Crippen LogP contribution >= 0.6 is 0 Å². The van der Waals surface area contributed by atoms with Crippen LogP contribution in [0, 0.1) is 6.92 Å². The van der Waals surface area contributed by atoms with Crippen LogP contribution in [0.4, 0.5) is 4.39 Å². The highest BCUT2D eigenvalue weighted by atomic mass is 19.1. The van der Waals surface area contributed by atoms with Crippen LogP contribution in [-0.2, 0) is 13.0 Å². The Kier molecular flexibility index (Phi) is 8.44. The number of fused-ring (bicyclic) bond motifs is 1. The van der Waals surface area contributed by atoms with Gasteiger partial charge >= 0.3 is 0 Å². The molecule has 0 spiro atoms. The number of para-hydroxylation sites is 1. The molecule has 0 saturated carbocycles. The summed E-state index contributed by atoms with van der Waals surface area (Å²) in [5, 5.41) is 10.1. The van der Waals surface area contributed by atoms with Crippen LogP contribution < -0.4 is 5.48 Å². The minimum atomic E-state index is -1.13. The molecule has 3 aromatic rings. The van der Waals surface area contributed by atoms with E-state index in [2.05, 4.69) is 45.6 Å². The first-order valence-electron chi connectivity index (χ1n) is 13.0. The van der Waals surface area contributed by atoms with Gasteiger partial charge in [0.05, 0.1) is 0 Å². The number of rotatable bonds is 10. The first-order valence-corrected chi connectivity index (χ1v) is 13.0. The molecule has 7 heteroatoms. The Bertz CT molecular complexity index is 1160. The molecule has 36 heavy (non-hydrogen) atoms. The summed E-state index contributed by atoms with van der Waals surface area (Å²) in [6.07, 6.45) is 3.05. The van der Waals surface area contributed by atoms with E-state index in [1.807, 2.05) is 12.1 Å². The lowest BCUT2D eigenvalue weighted by molar-refractivity contribution is 0.0706. The second-order valence-corrected chi connectivity index (χ2v) is 10.6. The van der Waals surface area contributed by atoms with Crippen LogP contribution in [0.2, 0.25) is 0 Å². The number of benzene rings is 2. The predicted molar refractivity (Wildman–Crippen MR) is 142 cm³/mol. The maximum absolute atomic E-state index is 13.9. The lowest BCUT2D eigenvalue weighted by Gasteiger charge is -2.36. The van der Waals surface area contributed by atoms with E-state index in [9.17, 15) is 9.18 Å². The number of unbranched alkanes of at least 4 members (excludes halogenated alkanes) is 1. The molecule has 2 aromatic carbocycles. The largest absolute Gasteiger partial charge is 0.345 e. The van der Waals surface area contributed by atoms with Crippen molar-refractivity contribution in [1.29, 1.82) is 0 Å². The van der Waals surface area contributed by atoms with Crippen molar-refractivity contribution in [3.8, 4) is 0 Å². The smallest absolute Gasteiger partial charge is 0.274 e. The lowest BCUT2D eigenvalue weighted by Crippen LogP contribution is -2.49. The zero-order valence-electron chi connectivity index (χ0n) is 21.8. The summed E-state index contributed by atoms with van der Waals surface area (Å²) in [6, 6.07) is 16.0. The summed E-state index contributed by atoms with van der Waals surface area (Å²) in [5.41, 5.74) is 5.99. The quantitative estimate of drug-likeness (QED) is 0.241. The zero-order chi connectivity index (χ0) is 25.7. The molecule has 1 amide bonds. The average Bonchev–Trinajstić information content (AvgIpc) is 3.12. The van der Waals surface area contributed by atoms with Crippen molar-refractivity contribution in [2.45, 2.75) is 52.2 Å². The number of halogens is 1. The number of hydrogen-bond donors (Lipinski definition) is 2. The molecular formula is C29H39FN4O2.